The van der Waals surface area contributed by atoms with Crippen LogP contribution in [0.2, 0.25) is 0 Å². The van der Waals surface area contributed by atoms with E-state index in [1.165, 1.54) is 23.9 Å². The molecule has 0 radical (unpaired) electrons. The molecule has 1 heterocycles. The van der Waals surface area contributed by atoms with Gasteiger partial charge in [-0.25, -0.2) is 0 Å². The Morgan fingerprint density at radius 3 is 2.60 bits per heavy atom. The molecular formula is C13H12N2O3S2. The maximum atomic E-state index is 12.1. The molecule has 1 aromatic rings. The summed E-state index contributed by atoms with van der Waals surface area (Å²) in [5.74, 6) is -0.0970. The molecule has 0 bridgehead atoms. The van der Waals surface area contributed by atoms with E-state index < -0.39 is 4.92 Å². The number of nitro groups is 1. The summed E-state index contributed by atoms with van der Waals surface area (Å²) in [6, 6.07) is 6.06. The lowest BCUT2D eigenvalue weighted by Gasteiger charge is -2.11. The Kier molecular flexibility index (Phi) is 4.51. The molecule has 1 aromatic carbocycles. The Bertz CT molecular complexity index is 596. The highest BCUT2D eigenvalue weighted by atomic mass is 32.2. The van der Waals surface area contributed by atoms with E-state index in [2.05, 4.69) is 0 Å². The highest BCUT2D eigenvalue weighted by Gasteiger charge is 2.31. The van der Waals surface area contributed by atoms with Gasteiger partial charge < -0.3 is 0 Å². The fraction of sp³-hybridized carbons (Fsp3) is 0.231. The molecule has 7 heteroatoms. The molecule has 2 rings (SSSR count). The first-order chi connectivity index (χ1) is 9.52. The van der Waals surface area contributed by atoms with Crippen LogP contribution in [-0.2, 0) is 4.79 Å². The zero-order chi connectivity index (χ0) is 14.7. The monoisotopic (exact) mass is 308 g/mol. The smallest absolute Gasteiger partial charge is 0.269 e. The Morgan fingerprint density at radius 2 is 2.05 bits per heavy atom. The molecule has 0 aromatic heterocycles. The van der Waals surface area contributed by atoms with Crippen molar-refractivity contribution in [2.45, 2.75) is 13.3 Å². The van der Waals surface area contributed by atoms with Crippen LogP contribution in [0.25, 0.3) is 6.08 Å². The number of thioether (sulfide) groups is 1. The Morgan fingerprint density at radius 1 is 1.40 bits per heavy atom. The highest BCUT2D eigenvalue weighted by molar-refractivity contribution is 8.26. The second-order valence-electron chi connectivity index (χ2n) is 4.18. The molecule has 1 saturated heterocycles. The van der Waals surface area contributed by atoms with E-state index in [-0.39, 0.29) is 11.6 Å². The van der Waals surface area contributed by atoms with Gasteiger partial charge >= 0.3 is 0 Å². The molecule has 0 saturated carbocycles. The van der Waals surface area contributed by atoms with Crippen LogP contribution in [0.3, 0.4) is 0 Å². The maximum absolute atomic E-state index is 12.1. The number of hydrogen-bond acceptors (Lipinski definition) is 5. The van der Waals surface area contributed by atoms with E-state index in [4.69, 9.17) is 12.2 Å². The fourth-order valence-corrected chi connectivity index (χ4v) is 3.07. The lowest BCUT2D eigenvalue weighted by atomic mass is 10.2. The van der Waals surface area contributed by atoms with Crippen molar-refractivity contribution < 1.29 is 9.72 Å². The number of carbonyl (C=O) groups is 1. The fourth-order valence-electron chi connectivity index (χ4n) is 1.76. The number of thiocarbonyl (C=S) groups is 1. The highest BCUT2D eigenvalue weighted by Crippen LogP contribution is 2.32. The number of nitro benzene ring substituents is 1. The van der Waals surface area contributed by atoms with Gasteiger partial charge in [0.1, 0.15) is 4.32 Å². The minimum atomic E-state index is -0.454. The number of hydrogen-bond donors (Lipinski definition) is 0. The molecule has 0 aliphatic carbocycles. The second-order valence-corrected chi connectivity index (χ2v) is 5.86. The first kappa shape index (κ1) is 14.7. The van der Waals surface area contributed by atoms with Crippen LogP contribution in [0.5, 0.6) is 0 Å². The first-order valence-corrected chi connectivity index (χ1v) is 7.25. The van der Waals surface area contributed by atoms with Crippen LogP contribution in [0.4, 0.5) is 5.69 Å². The molecule has 0 N–H and O–H groups in total. The lowest BCUT2D eigenvalue weighted by molar-refractivity contribution is -0.384. The second kappa shape index (κ2) is 6.15. The molecule has 20 heavy (non-hydrogen) atoms. The van der Waals surface area contributed by atoms with Crippen LogP contribution in [0.15, 0.2) is 29.2 Å². The van der Waals surface area contributed by atoms with E-state index in [0.717, 1.165) is 12.0 Å². The first-order valence-electron chi connectivity index (χ1n) is 6.02. The van der Waals surface area contributed by atoms with E-state index in [1.54, 1.807) is 23.1 Å². The van der Waals surface area contributed by atoms with Crippen molar-refractivity contribution in [3.05, 3.63) is 44.8 Å². The van der Waals surface area contributed by atoms with E-state index in [1.807, 2.05) is 6.92 Å². The standard InChI is InChI=1S/C13H12N2O3S2/c1-2-7-14-12(16)11(20-13(14)19)8-9-3-5-10(6-4-9)15(17)18/h3-6,8H,2,7H2,1H3/b11-8-. The van der Waals surface area contributed by atoms with Gasteiger partial charge in [0, 0.05) is 18.7 Å². The van der Waals surface area contributed by atoms with Gasteiger partial charge in [-0.2, -0.15) is 0 Å². The van der Waals surface area contributed by atoms with Gasteiger partial charge in [0.05, 0.1) is 9.83 Å². The zero-order valence-corrected chi connectivity index (χ0v) is 12.4. The molecule has 0 unspecified atom stereocenters. The molecule has 1 amide bonds. The van der Waals surface area contributed by atoms with Crippen LogP contribution in [0, 0.1) is 10.1 Å². The summed E-state index contributed by atoms with van der Waals surface area (Å²) in [7, 11) is 0. The predicted octanol–water partition coefficient (Wildman–Crippen LogP) is 3.21. The predicted molar refractivity (Wildman–Crippen MR) is 83.3 cm³/mol. The van der Waals surface area contributed by atoms with Crippen LogP contribution in [0.1, 0.15) is 18.9 Å². The zero-order valence-electron chi connectivity index (χ0n) is 10.7. The van der Waals surface area contributed by atoms with Crippen LogP contribution >= 0.6 is 24.0 Å². The van der Waals surface area contributed by atoms with E-state index >= 15 is 0 Å². The third kappa shape index (κ3) is 3.05. The van der Waals surface area contributed by atoms with Gasteiger partial charge in [0.15, 0.2) is 0 Å². The molecular weight excluding hydrogens is 296 g/mol. The topological polar surface area (TPSA) is 63.5 Å². The molecule has 5 nitrogen and oxygen atoms in total. The Balaban J connectivity index is 2.21. The quantitative estimate of drug-likeness (QED) is 0.370. The minimum Gasteiger partial charge on any atom is -0.293 e. The number of amides is 1. The summed E-state index contributed by atoms with van der Waals surface area (Å²) < 4.78 is 0.560. The summed E-state index contributed by atoms with van der Waals surface area (Å²) in [4.78, 5) is 24.4. The summed E-state index contributed by atoms with van der Waals surface area (Å²) in [6.45, 7) is 2.60. The summed E-state index contributed by atoms with van der Waals surface area (Å²) in [5.41, 5.74) is 0.772. The molecule has 0 atom stereocenters. The van der Waals surface area contributed by atoms with Crippen molar-refractivity contribution in [3.8, 4) is 0 Å². The van der Waals surface area contributed by atoms with Crippen molar-refractivity contribution in [1.82, 2.24) is 4.90 Å². The number of nitrogens with zero attached hydrogens (tertiary/aromatic N) is 2. The van der Waals surface area contributed by atoms with Crippen LogP contribution < -0.4 is 0 Å². The van der Waals surface area contributed by atoms with Gasteiger partial charge in [0.25, 0.3) is 11.6 Å². The number of carbonyl (C=O) groups excluding carboxylic acids is 1. The van der Waals surface area contributed by atoms with Crippen molar-refractivity contribution in [2.75, 3.05) is 6.54 Å². The largest absolute Gasteiger partial charge is 0.293 e. The molecule has 0 spiro atoms. The SMILES string of the molecule is CCCN1C(=O)/C(=C/c2ccc([N+](=O)[O-])cc2)SC1=S. The normalized spacial score (nSPS) is 17.1. The van der Waals surface area contributed by atoms with Gasteiger partial charge in [-0.15, -0.1) is 0 Å². The third-order valence-corrected chi connectivity index (χ3v) is 4.10. The van der Waals surface area contributed by atoms with Crippen molar-refractivity contribution in [3.63, 3.8) is 0 Å². The van der Waals surface area contributed by atoms with Crippen molar-refractivity contribution >= 4 is 46.0 Å². The minimum absolute atomic E-state index is 0.0284. The van der Waals surface area contributed by atoms with E-state index in [9.17, 15) is 14.9 Å². The van der Waals surface area contributed by atoms with Crippen LogP contribution in [-0.4, -0.2) is 26.6 Å². The average Bonchev–Trinajstić information content (AvgIpc) is 2.67. The maximum Gasteiger partial charge on any atom is 0.269 e. The van der Waals surface area contributed by atoms with Gasteiger partial charge in [-0.1, -0.05) is 30.9 Å². The Labute approximate surface area is 125 Å². The molecule has 104 valence electrons. The molecule has 1 aliphatic rings. The van der Waals surface area contributed by atoms with Crippen molar-refractivity contribution in [2.24, 2.45) is 0 Å². The van der Waals surface area contributed by atoms with Gasteiger partial charge in [-0.05, 0) is 30.2 Å². The summed E-state index contributed by atoms with van der Waals surface area (Å²) in [5, 5.41) is 10.6. The molecule has 1 fully saturated rings. The van der Waals surface area contributed by atoms with Gasteiger partial charge in [0.2, 0.25) is 0 Å². The van der Waals surface area contributed by atoms with Crippen molar-refractivity contribution in [1.29, 1.82) is 0 Å². The summed E-state index contributed by atoms with van der Waals surface area (Å²) >= 11 is 6.43. The number of rotatable bonds is 4. The Hall–Kier alpha value is -1.73. The number of non-ortho nitro benzene ring substituents is 1. The summed E-state index contributed by atoms with van der Waals surface area (Å²) in [6.07, 6.45) is 2.55. The van der Waals surface area contributed by atoms with Gasteiger partial charge in [-0.3, -0.25) is 19.8 Å². The molecule has 1 aliphatic heterocycles. The van der Waals surface area contributed by atoms with E-state index in [0.29, 0.717) is 15.8 Å². The number of benzene rings is 1. The average molecular weight is 308 g/mol. The third-order valence-electron chi connectivity index (χ3n) is 2.72. The lowest BCUT2D eigenvalue weighted by Crippen LogP contribution is -2.28.